The highest BCUT2D eigenvalue weighted by atomic mass is 35.5. The van der Waals surface area contributed by atoms with Gasteiger partial charge in [-0.15, -0.1) is 0 Å². The summed E-state index contributed by atoms with van der Waals surface area (Å²) in [6.07, 6.45) is -0.734. The van der Waals surface area contributed by atoms with Gasteiger partial charge in [0.15, 0.2) is 0 Å². The van der Waals surface area contributed by atoms with Crippen molar-refractivity contribution >= 4 is 35.0 Å². The molecule has 0 saturated heterocycles. The molecule has 0 aliphatic rings. The van der Waals surface area contributed by atoms with Crippen LogP contribution in [-0.2, 0) is 9.53 Å². The summed E-state index contributed by atoms with van der Waals surface area (Å²) < 4.78 is 5.04. The number of anilines is 1. The molecule has 1 rings (SSSR count). The van der Waals surface area contributed by atoms with Crippen molar-refractivity contribution in [3.63, 3.8) is 0 Å². The number of nitrogens with one attached hydrogen (secondary N) is 2. The molecule has 1 aromatic rings. The van der Waals surface area contributed by atoms with Gasteiger partial charge in [-0.3, -0.25) is 14.9 Å². The highest BCUT2D eigenvalue weighted by Gasteiger charge is 2.21. The Kier molecular flexibility index (Phi) is 5.91. The minimum absolute atomic E-state index is 0.0343. The van der Waals surface area contributed by atoms with E-state index in [-0.39, 0.29) is 16.4 Å². The number of carbonyl (C=O) groups excluding carboxylic acids is 2. The number of nitro benzene ring substituents is 1. The molecule has 9 heteroatoms. The number of hydrogen-bond acceptors (Lipinski definition) is 5. The molecule has 126 valence electrons. The molecule has 0 aromatic heterocycles. The maximum atomic E-state index is 12.0. The van der Waals surface area contributed by atoms with Crippen molar-refractivity contribution in [2.75, 3.05) is 5.32 Å². The Morgan fingerprint density at radius 1 is 1.35 bits per heavy atom. The topological polar surface area (TPSA) is 111 Å². The number of nitrogens with zero attached hydrogens (tertiary/aromatic N) is 1. The Labute approximate surface area is 138 Å². The van der Waals surface area contributed by atoms with Crippen LogP contribution in [0.2, 0.25) is 5.02 Å². The maximum Gasteiger partial charge on any atom is 0.408 e. The molecular formula is C14H18ClN3O5. The van der Waals surface area contributed by atoms with E-state index in [4.69, 9.17) is 16.3 Å². The quantitative estimate of drug-likeness (QED) is 0.644. The van der Waals surface area contributed by atoms with Gasteiger partial charge < -0.3 is 15.4 Å². The standard InChI is InChI=1S/C14H18ClN3O5/c1-8(16-13(20)23-14(2,3)4)12(19)17-9-5-6-10(15)11(7-9)18(21)22/h5-8H,1-4H3,(H,16,20)(H,17,19). The summed E-state index contributed by atoms with van der Waals surface area (Å²) in [7, 11) is 0. The van der Waals surface area contributed by atoms with E-state index in [0.29, 0.717) is 0 Å². The number of rotatable bonds is 4. The zero-order valence-corrected chi connectivity index (χ0v) is 13.9. The first-order chi connectivity index (χ1) is 10.5. The average molecular weight is 344 g/mol. The Hall–Kier alpha value is -2.35. The summed E-state index contributed by atoms with van der Waals surface area (Å²) in [5, 5.41) is 15.6. The number of hydrogen-bond donors (Lipinski definition) is 2. The molecule has 0 saturated carbocycles. The first kappa shape index (κ1) is 18.7. The summed E-state index contributed by atoms with van der Waals surface area (Å²) in [6, 6.07) is 2.98. The summed E-state index contributed by atoms with van der Waals surface area (Å²) in [5.41, 5.74) is -0.807. The molecule has 2 amide bonds. The zero-order chi connectivity index (χ0) is 17.8. The summed E-state index contributed by atoms with van der Waals surface area (Å²) in [4.78, 5) is 33.7. The van der Waals surface area contributed by atoms with Gasteiger partial charge in [0, 0.05) is 11.8 Å². The fraction of sp³-hybridized carbons (Fsp3) is 0.429. The second-order valence-corrected chi connectivity index (χ2v) is 6.19. The molecule has 0 aliphatic heterocycles. The van der Waals surface area contributed by atoms with E-state index in [1.165, 1.54) is 19.1 Å². The lowest BCUT2D eigenvalue weighted by atomic mass is 10.2. The second-order valence-electron chi connectivity index (χ2n) is 5.78. The number of ether oxygens (including phenoxy) is 1. The third-order valence-corrected chi connectivity index (χ3v) is 2.86. The minimum Gasteiger partial charge on any atom is -0.444 e. The number of carbonyl (C=O) groups is 2. The molecule has 0 fully saturated rings. The molecule has 23 heavy (non-hydrogen) atoms. The lowest BCUT2D eigenvalue weighted by Gasteiger charge is -2.21. The molecule has 0 aliphatic carbocycles. The largest absolute Gasteiger partial charge is 0.444 e. The van der Waals surface area contributed by atoms with Crippen molar-refractivity contribution < 1.29 is 19.2 Å². The molecule has 0 bridgehead atoms. The van der Waals surface area contributed by atoms with Crippen molar-refractivity contribution in [1.29, 1.82) is 0 Å². The first-order valence-corrected chi connectivity index (χ1v) is 7.11. The van der Waals surface area contributed by atoms with Gasteiger partial charge in [0.25, 0.3) is 5.69 Å². The van der Waals surface area contributed by atoms with E-state index in [9.17, 15) is 19.7 Å². The van der Waals surface area contributed by atoms with Crippen molar-refractivity contribution in [3.05, 3.63) is 33.3 Å². The van der Waals surface area contributed by atoms with Crippen LogP contribution in [0.3, 0.4) is 0 Å². The van der Waals surface area contributed by atoms with Crippen LogP contribution in [0.1, 0.15) is 27.7 Å². The molecule has 8 nitrogen and oxygen atoms in total. The number of alkyl carbamates (subject to hydrolysis) is 1. The zero-order valence-electron chi connectivity index (χ0n) is 13.2. The van der Waals surface area contributed by atoms with Gasteiger partial charge in [0.1, 0.15) is 16.7 Å². The van der Waals surface area contributed by atoms with Crippen LogP contribution in [0.5, 0.6) is 0 Å². The van der Waals surface area contributed by atoms with E-state index in [1.54, 1.807) is 20.8 Å². The van der Waals surface area contributed by atoms with Crippen molar-refractivity contribution in [3.8, 4) is 0 Å². The lowest BCUT2D eigenvalue weighted by Crippen LogP contribution is -2.43. The molecule has 1 aromatic carbocycles. The Bertz CT molecular complexity index is 627. The van der Waals surface area contributed by atoms with Gasteiger partial charge in [0.05, 0.1) is 4.92 Å². The number of amides is 2. The Morgan fingerprint density at radius 2 is 1.96 bits per heavy atom. The van der Waals surface area contributed by atoms with Gasteiger partial charge in [0.2, 0.25) is 5.91 Å². The molecule has 0 radical (unpaired) electrons. The predicted molar refractivity (Wildman–Crippen MR) is 85.6 cm³/mol. The molecule has 1 atom stereocenters. The number of nitro groups is 1. The smallest absolute Gasteiger partial charge is 0.408 e. The highest BCUT2D eigenvalue weighted by molar-refractivity contribution is 6.32. The van der Waals surface area contributed by atoms with Gasteiger partial charge >= 0.3 is 6.09 Å². The van der Waals surface area contributed by atoms with E-state index in [1.807, 2.05) is 0 Å². The Balaban J connectivity index is 2.70. The van der Waals surface area contributed by atoms with E-state index in [0.717, 1.165) is 6.07 Å². The Morgan fingerprint density at radius 3 is 2.48 bits per heavy atom. The van der Waals surface area contributed by atoms with Crippen molar-refractivity contribution in [1.82, 2.24) is 5.32 Å². The minimum atomic E-state index is -0.889. The third-order valence-electron chi connectivity index (χ3n) is 2.54. The van der Waals surface area contributed by atoms with E-state index in [2.05, 4.69) is 10.6 Å². The molecule has 2 N–H and O–H groups in total. The maximum absolute atomic E-state index is 12.0. The van der Waals surface area contributed by atoms with Crippen LogP contribution < -0.4 is 10.6 Å². The normalized spacial score (nSPS) is 12.2. The fourth-order valence-electron chi connectivity index (χ4n) is 1.53. The van der Waals surface area contributed by atoms with Crippen LogP contribution in [0, 0.1) is 10.1 Å². The SMILES string of the molecule is CC(NC(=O)OC(C)(C)C)C(=O)Nc1ccc(Cl)c([N+](=O)[O-])c1. The summed E-state index contributed by atoms with van der Waals surface area (Å²) in [5.74, 6) is -0.549. The van der Waals surface area contributed by atoms with Crippen molar-refractivity contribution in [2.24, 2.45) is 0 Å². The van der Waals surface area contributed by atoms with Gasteiger partial charge in [-0.1, -0.05) is 11.6 Å². The van der Waals surface area contributed by atoms with E-state index >= 15 is 0 Å². The van der Waals surface area contributed by atoms with E-state index < -0.39 is 28.6 Å². The first-order valence-electron chi connectivity index (χ1n) is 6.74. The molecule has 0 spiro atoms. The van der Waals surface area contributed by atoms with Crippen LogP contribution in [0.4, 0.5) is 16.2 Å². The monoisotopic (exact) mass is 343 g/mol. The molecule has 0 heterocycles. The van der Waals surface area contributed by atoms with Crippen LogP contribution >= 0.6 is 11.6 Å². The molecular weight excluding hydrogens is 326 g/mol. The van der Waals surface area contributed by atoms with Crippen LogP contribution in [0.25, 0.3) is 0 Å². The number of halogens is 1. The second kappa shape index (κ2) is 7.28. The van der Waals surface area contributed by atoms with Crippen LogP contribution in [0.15, 0.2) is 18.2 Å². The molecule has 1 unspecified atom stereocenters. The lowest BCUT2D eigenvalue weighted by molar-refractivity contribution is -0.384. The fourth-order valence-corrected chi connectivity index (χ4v) is 1.72. The van der Waals surface area contributed by atoms with Gasteiger partial charge in [-0.2, -0.15) is 0 Å². The third kappa shape index (κ3) is 6.11. The van der Waals surface area contributed by atoms with Crippen molar-refractivity contribution in [2.45, 2.75) is 39.3 Å². The van der Waals surface area contributed by atoms with Gasteiger partial charge in [-0.05, 0) is 39.8 Å². The highest BCUT2D eigenvalue weighted by Crippen LogP contribution is 2.27. The van der Waals surface area contributed by atoms with Gasteiger partial charge in [-0.25, -0.2) is 4.79 Å². The van der Waals surface area contributed by atoms with Crippen LogP contribution in [-0.4, -0.2) is 28.6 Å². The average Bonchev–Trinajstić information content (AvgIpc) is 2.38. The predicted octanol–water partition coefficient (Wildman–Crippen LogP) is 3.10. The summed E-state index contributed by atoms with van der Waals surface area (Å²) >= 11 is 5.69. The summed E-state index contributed by atoms with van der Waals surface area (Å²) in [6.45, 7) is 6.56. The number of benzene rings is 1.